The van der Waals surface area contributed by atoms with Gasteiger partial charge in [-0.1, -0.05) is 6.92 Å². The Hall–Kier alpha value is -1.48. The predicted octanol–water partition coefficient (Wildman–Crippen LogP) is 3.02. The molecule has 1 atom stereocenters. The maximum Gasteiger partial charge on any atom is 0.117 e. The van der Waals surface area contributed by atoms with Crippen LogP contribution < -0.4 is 0 Å². The standard InChI is InChI=1S/C14H19NO2/c1-9(2)15-13(10(3)8-16)6-11-4-5-12(17)7-14(11)15/h4-7,9-10,16-17H,8H2,1-3H3. The fraction of sp³-hybridized carbons (Fsp3) is 0.429. The minimum Gasteiger partial charge on any atom is -0.508 e. The molecule has 0 aliphatic heterocycles. The van der Waals surface area contributed by atoms with E-state index in [4.69, 9.17) is 0 Å². The number of hydrogen-bond acceptors (Lipinski definition) is 2. The van der Waals surface area contributed by atoms with E-state index in [0.29, 0.717) is 6.04 Å². The van der Waals surface area contributed by atoms with Crippen molar-refractivity contribution in [3.05, 3.63) is 30.0 Å². The van der Waals surface area contributed by atoms with Crippen LogP contribution in [0.5, 0.6) is 5.75 Å². The summed E-state index contributed by atoms with van der Waals surface area (Å²) in [5.74, 6) is 0.382. The van der Waals surface area contributed by atoms with E-state index in [-0.39, 0.29) is 18.3 Å². The third-order valence-electron chi connectivity index (χ3n) is 3.15. The minimum absolute atomic E-state index is 0.104. The number of fused-ring (bicyclic) bond motifs is 1. The van der Waals surface area contributed by atoms with Gasteiger partial charge in [0.1, 0.15) is 5.75 Å². The molecule has 0 aliphatic carbocycles. The number of aliphatic hydroxyl groups excluding tert-OH is 1. The normalized spacial score (nSPS) is 13.5. The molecule has 1 aromatic heterocycles. The lowest BCUT2D eigenvalue weighted by atomic mass is 10.1. The third kappa shape index (κ3) is 2.03. The molecule has 0 saturated carbocycles. The van der Waals surface area contributed by atoms with Gasteiger partial charge in [0.2, 0.25) is 0 Å². The van der Waals surface area contributed by atoms with Gasteiger partial charge in [-0.15, -0.1) is 0 Å². The first-order valence-electron chi connectivity index (χ1n) is 5.99. The van der Waals surface area contributed by atoms with E-state index >= 15 is 0 Å². The number of nitrogens with zero attached hydrogens (tertiary/aromatic N) is 1. The van der Waals surface area contributed by atoms with Crippen molar-refractivity contribution in [1.82, 2.24) is 4.57 Å². The number of hydrogen-bond donors (Lipinski definition) is 2. The highest BCUT2D eigenvalue weighted by Gasteiger charge is 2.16. The molecule has 0 amide bonds. The quantitative estimate of drug-likeness (QED) is 0.856. The first kappa shape index (κ1) is 12.0. The molecule has 1 unspecified atom stereocenters. The van der Waals surface area contributed by atoms with Crippen LogP contribution in [0.15, 0.2) is 24.3 Å². The van der Waals surface area contributed by atoms with Crippen LogP contribution >= 0.6 is 0 Å². The second kappa shape index (κ2) is 4.41. The number of aromatic hydroxyl groups is 1. The molecule has 1 aromatic carbocycles. The van der Waals surface area contributed by atoms with Gasteiger partial charge in [-0.25, -0.2) is 0 Å². The molecule has 2 N–H and O–H groups in total. The van der Waals surface area contributed by atoms with E-state index in [0.717, 1.165) is 16.6 Å². The molecule has 17 heavy (non-hydrogen) atoms. The molecule has 92 valence electrons. The Labute approximate surface area is 101 Å². The van der Waals surface area contributed by atoms with Crippen molar-refractivity contribution in [2.45, 2.75) is 32.7 Å². The van der Waals surface area contributed by atoms with Gasteiger partial charge < -0.3 is 14.8 Å². The van der Waals surface area contributed by atoms with Crippen molar-refractivity contribution in [2.24, 2.45) is 0 Å². The Morgan fingerprint density at radius 2 is 1.88 bits per heavy atom. The fourth-order valence-corrected chi connectivity index (χ4v) is 2.28. The first-order valence-corrected chi connectivity index (χ1v) is 5.99. The zero-order valence-corrected chi connectivity index (χ0v) is 10.5. The Morgan fingerprint density at radius 3 is 2.47 bits per heavy atom. The molecule has 2 rings (SSSR count). The number of aliphatic hydroxyl groups is 1. The topological polar surface area (TPSA) is 45.4 Å². The van der Waals surface area contributed by atoms with E-state index in [2.05, 4.69) is 24.5 Å². The van der Waals surface area contributed by atoms with Gasteiger partial charge in [0.15, 0.2) is 0 Å². The van der Waals surface area contributed by atoms with Gasteiger partial charge in [0.25, 0.3) is 0 Å². The largest absolute Gasteiger partial charge is 0.508 e. The number of rotatable bonds is 3. The molecule has 3 nitrogen and oxygen atoms in total. The van der Waals surface area contributed by atoms with Gasteiger partial charge in [0, 0.05) is 29.1 Å². The molecule has 3 heteroatoms. The summed E-state index contributed by atoms with van der Waals surface area (Å²) in [4.78, 5) is 0. The summed E-state index contributed by atoms with van der Waals surface area (Å²) in [6, 6.07) is 7.79. The molecule has 2 aromatic rings. The summed E-state index contributed by atoms with van der Waals surface area (Å²) in [5.41, 5.74) is 2.14. The van der Waals surface area contributed by atoms with Gasteiger partial charge in [-0.2, -0.15) is 0 Å². The zero-order chi connectivity index (χ0) is 12.6. The Kier molecular flexibility index (Phi) is 3.11. The van der Waals surface area contributed by atoms with Crippen molar-refractivity contribution in [2.75, 3.05) is 6.61 Å². The highest BCUT2D eigenvalue weighted by molar-refractivity contribution is 5.83. The molecule has 0 fully saturated rings. The Morgan fingerprint density at radius 1 is 1.18 bits per heavy atom. The van der Waals surface area contributed by atoms with Crippen molar-refractivity contribution < 1.29 is 10.2 Å². The van der Waals surface area contributed by atoms with Crippen LogP contribution in [0.2, 0.25) is 0 Å². The third-order valence-corrected chi connectivity index (χ3v) is 3.15. The number of phenols is 1. The Balaban J connectivity index is 2.71. The number of phenolic OH excluding ortho intramolecular Hbond substituents is 1. The van der Waals surface area contributed by atoms with Crippen LogP contribution in [0.3, 0.4) is 0 Å². The van der Waals surface area contributed by atoms with Gasteiger partial charge in [-0.3, -0.25) is 0 Å². The van der Waals surface area contributed by atoms with Crippen LogP contribution in [0.1, 0.15) is 38.4 Å². The molecule has 0 aliphatic rings. The maximum atomic E-state index is 9.58. The van der Waals surface area contributed by atoms with E-state index < -0.39 is 0 Å². The smallest absolute Gasteiger partial charge is 0.117 e. The molecule has 0 spiro atoms. The second-order valence-electron chi connectivity index (χ2n) is 4.86. The van der Waals surface area contributed by atoms with Gasteiger partial charge in [-0.05, 0) is 32.0 Å². The van der Waals surface area contributed by atoms with E-state index in [1.165, 1.54) is 0 Å². The summed E-state index contributed by atoms with van der Waals surface area (Å²) < 4.78 is 2.18. The summed E-state index contributed by atoms with van der Waals surface area (Å²) >= 11 is 0. The van der Waals surface area contributed by atoms with Crippen LogP contribution in [0.4, 0.5) is 0 Å². The SMILES string of the molecule is CC(CO)c1cc2ccc(O)cc2n1C(C)C. The predicted molar refractivity (Wildman–Crippen MR) is 69.5 cm³/mol. The van der Waals surface area contributed by atoms with Crippen LogP contribution in [-0.2, 0) is 0 Å². The van der Waals surface area contributed by atoms with Crippen molar-refractivity contribution in [3.8, 4) is 5.75 Å². The lowest BCUT2D eigenvalue weighted by Gasteiger charge is -2.18. The molecule has 0 saturated heterocycles. The van der Waals surface area contributed by atoms with E-state index in [1.54, 1.807) is 12.1 Å². The maximum absolute atomic E-state index is 9.58. The first-order chi connectivity index (χ1) is 8.04. The van der Waals surface area contributed by atoms with Gasteiger partial charge >= 0.3 is 0 Å². The Bertz CT molecular complexity index is 528. The van der Waals surface area contributed by atoms with Gasteiger partial charge in [0.05, 0.1) is 12.1 Å². The lowest BCUT2D eigenvalue weighted by Crippen LogP contribution is -2.10. The number of benzene rings is 1. The van der Waals surface area contributed by atoms with Crippen molar-refractivity contribution in [1.29, 1.82) is 0 Å². The van der Waals surface area contributed by atoms with Crippen LogP contribution in [0.25, 0.3) is 10.9 Å². The summed E-state index contributed by atoms with van der Waals surface area (Å²) in [5, 5.41) is 20.0. The summed E-state index contributed by atoms with van der Waals surface area (Å²) in [7, 11) is 0. The number of aromatic nitrogens is 1. The highest BCUT2D eigenvalue weighted by atomic mass is 16.3. The van der Waals surface area contributed by atoms with Crippen LogP contribution in [-0.4, -0.2) is 21.4 Å². The average Bonchev–Trinajstić information content (AvgIpc) is 2.66. The van der Waals surface area contributed by atoms with Crippen molar-refractivity contribution >= 4 is 10.9 Å². The second-order valence-corrected chi connectivity index (χ2v) is 4.86. The van der Waals surface area contributed by atoms with E-state index in [9.17, 15) is 10.2 Å². The fourth-order valence-electron chi connectivity index (χ4n) is 2.28. The summed E-state index contributed by atoms with van der Waals surface area (Å²) in [6.07, 6.45) is 0. The molecular formula is C14H19NO2. The van der Waals surface area contributed by atoms with E-state index in [1.807, 2.05) is 13.0 Å². The monoisotopic (exact) mass is 233 g/mol. The highest BCUT2D eigenvalue weighted by Crippen LogP contribution is 2.30. The average molecular weight is 233 g/mol. The zero-order valence-electron chi connectivity index (χ0n) is 10.5. The van der Waals surface area contributed by atoms with Crippen molar-refractivity contribution in [3.63, 3.8) is 0 Å². The van der Waals surface area contributed by atoms with Crippen LogP contribution in [0, 0.1) is 0 Å². The summed E-state index contributed by atoms with van der Waals surface area (Å²) in [6.45, 7) is 6.36. The molecule has 0 bridgehead atoms. The minimum atomic E-state index is 0.104. The molecule has 1 heterocycles. The lowest BCUT2D eigenvalue weighted by molar-refractivity contribution is 0.268. The molecule has 0 radical (unpaired) electrons. The molecular weight excluding hydrogens is 214 g/mol.